The van der Waals surface area contributed by atoms with Gasteiger partial charge in [-0.3, -0.25) is 0 Å². The molecule has 0 spiro atoms. The van der Waals surface area contributed by atoms with Crippen molar-refractivity contribution in [1.82, 2.24) is 4.89 Å². The highest BCUT2D eigenvalue weighted by molar-refractivity contribution is 8.12. The maximum Gasteiger partial charge on any atom is 0.319 e. The van der Waals surface area contributed by atoms with E-state index < -0.39 is 9.24 Å². The van der Waals surface area contributed by atoms with Crippen molar-refractivity contribution >= 4 is 19.9 Å². The Labute approximate surface area is 39.2 Å². The van der Waals surface area contributed by atoms with Crippen LogP contribution in [0.25, 0.3) is 0 Å². The molecule has 0 bridgehead atoms. The molecule has 0 atom stereocenters. The molecule has 0 saturated carbocycles. The SMILES string of the molecule is O=S(=O)(Cl)NO. The number of rotatable bonds is 1. The Morgan fingerprint density at radius 2 is 1.83 bits per heavy atom. The van der Waals surface area contributed by atoms with Crippen LogP contribution < -0.4 is 4.89 Å². The summed E-state index contributed by atoms with van der Waals surface area (Å²) in [6.07, 6.45) is 0. The van der Waals surface area contributed by atoms with E-state index in [0.717, 1.165) is 4.89 Å². The van der Waals surface area contributed by atoms with Gasteiger partial charge in [-0.2, -0.15) is 8.42 Å². The van der Waals surface area contributed by atoms with Crippen LogP contribution in [-0.4, -0.2) is 13.6 Å². The van der Waals surface area contributed by atoms with Gasteiger partial charge >= 0.3 is 9.24 Å². The summed E-state index contributed by atoms with van der Waals surface area (Å²) in [6.45, 7) is 0. The number of hydrogen-bond donors (Lipinski definition) is 2. The zero-order chi connectivity index (χ0) is 5.21. The summed E-state index contributed by atoms with van der Waals surface area (Å²) in [5, 5.41) is 7.43. The Morgan fingerprint density at radius 1 is 1.67 bits per heavy atom. The summed E-state index contributed by atoms with van der Waals surface area (Å²) in [6, 6.07) is 0. The third kappa shape index (κ3) is 4.16. The van der Waals surface area contributed by atoms with Crippen LogP contribution in [0.15, 0.2) is 0 Å². The zero-order valence-corrected chi connectivity index (χ0v) is 4.12. The van der Waals surface area contributed by atoms with Crippen molar-refractivity contribution in [2.45, 2.75) is 0 Å². The molecule has 0 saturated heterocycles. The van der Waals surface area contributed by atoms with Crippen LogP contribution in [0.3, 0.4) is 0 Å². The first-order valence-corrected chi connectivity index (χ1v) is 3.22. The molecule has 6 heteroatoms. The van der Waals surface area contributed by atoms with Crippen LogP contribution in [0.1, 0.15) is 0 Å². The van der Waals surface area contributed by atoms with Crippen LogP contribution in [0.4, 0.5) is 0 Å². The summed E-state index contributed by atoms with van der Waals surface area (Å²) in [7, 11) is 0.444. The van der Waals surface area contributed by atoms with E-state index in [9.17, 15) is 8.42 Å². The molecule has 0 aliphatic carbocycles. The van der Waals surface area contributed by atoms with E-state index in [4.69, 9.17) is 5.21 Å². The van der Waals surface area contributed by atoms with Gasteiger partial charge in [-0.1, -0.05) is 4.89 Å². The highest BCUT2D eigenvalue weighted by Gasteiger charge is 1.95. The highest BCUT2D eigenvalue weighted by atomic mass is 35.7. The Morgan fingerprint density at radius 3 is 1.83 bits per heavy atom. The summed E-state index contributed by atoms with van der Waals surface area (Å²) < 4.78 is 18.8. The number of halogens is 1. The average molecular weight is 132 g/mol. The molecule has 0 unspecified atom stereocenters. The second kappa shape index (κ2) is 1.74. The van der Waals surface area contributed by atoms with Crippen molar-refractivity contribution in [2.75, 3.05) is 0 Å². The molecule has 0 aliphatic rings. The van der Waals surface area contributed by atoms with E-state index in [-0.39, 0.29) is 0 Å². The Hall–Kier alpha value is 0.160. The van der Waals surface area contributed by atoms with E-state index >= 15 is 0 Å². The second-order valence-electron chi connectivity index (χ2n) is 0.529. The van der Waals surface area contributed by atoms with Gasteiger partial charge in [0.15, 0.2) is 0 Å². The monoisotopic (exact) mass is 131 g/mol. The van der Waals surface area contributed by atoms with Crippen LogP contribution in [0.5, 0.6) is 0 Å². The minimum Gasteiger partial charge on any atom is -0.301 e. The first kappa shape index (κ1) is 6.16. The third-order valence-corrected chi connectivity index (χ3v) is 0.534. The third-order valence-electron chi connectivity index (χ3n) is 0.109. The topological polar surface area (TPSA) is 66.4 Å². The lowest BCUT2D eigenvalue weighted by Gasteiger charge is -1.80. The Balaban J connectivity index is 3.85. The van der Waals surface area contributed by atoms with Crippen molar-refractivity contribution < 1.29 is 13.6 Å². The fourth-order valence-electron chi connectivity index (χ4n) is 0. The average Bonchev–Trinajstić information content (AvgIpc) is 1.35. The lowest BCUT2D eigenvalue weighted by molar-refractivity contribution is 0.246. The van der Waals surface area contributed by atoms with Crippen LogP contribution >= 0.6 is 10.7 Å². The lowest BCUT2D eigenvalue weighted by Crippen LogP contribution is -2.11. The lowest BCUT2D eigenvalue weighted by atomic mass is 13.5. The fourth-order valence-corrected chi connectivity index (χ4v) is 0. The van der Waals surface area contributed by atoms with Crippen LogP contribution in [0.2, 0.25) is 0 Å². The summed E-state index contributed by atoms with van der Waals surface area (Å²) in [5.74, 6) is 0. The van der Waals surface area contributed by atoms with Gasteiger partial charge in [-0.15, -0.1) is 0 Å². The first-order chi connectivity index (χ1) is 2.56. The van der Waals surface area contributed by atoms with E-state index in [2.05, 4.69) is 10.7 Å². The van der Waals surface area contributed by atoms with E-state index in [1.807, 2.05) is 0 Å². The van der Waals surface area contributed by atoms with Gasteiger partial charge < -0.3 is 5.21 Å². The molecule has 0 aliphatic heterocycles. The van der Waals surface area contributed by atoms with Crippen molar-refractivity contribution in [1.29, 1.82) is 0 Å². The standard InChI is InChI=1S/ClH2NO3S/c1-6(4,5)2-3/h2-3H. The molecule has 0 rings (SSSR count). The van der Waals surface area contributed by atoms with Gasteiger partial charge in [0.25, 0.3) is 0 Å². The van der Waals surface area contributed by atoms with Gasteiger partial charge in [0.1, 0.15) is 0 Å². The molecule has 0 aromatic rings. The molecule has 2 N–H and O–H groups in total. The molecular weight excluding hydrogens is 130 g/mol. The minimum absolute atomic E-state index is 0.842. The van der Waals surface area contributed by atoms with Gasteiger partial charge in [-0.25, -0.2) is 0 Å². The molecule has 0 heterocycles. The van der Waals surface area contributed by atoms with E-state index in [1.54, 1.807) is 0 Å². The number of nitrogens with one attached hydrogen (secondary N) is 1. The Kier molecular flexibility index (Phi) is 1.79. The van der Waals surface area contributed by atoms with Crippen molar-refractivity contribution in [3.05, 3.63) is 0 Å². The molecule has 0 radical (unpaired) electrons. The van der Waals surface area contributed by atoms with E-state index in [0.29, 0.717) is 0 Å². The molecule has 0 amide bonds. The molecule has 0 aromatic heterocycles. The summed E-state index contributed by atoms with van der Waals surface area (Å²) >= 11 is 0. The van der Waals surface area contributed by atoms with E-state index in [1.165, 1.54) is 0 Å². The Bertz CT molecular complexity index is 113. The molecule has 38 valence electrons. The first-order valence-electron chi connectivity index (χ1n) is 0.915. The van der Waals surface area contributed by atoms with Gasteiger partial charge in [0.2, 0.25) is 0 Å². The quantitative estimate of drug-likeness (QED) is 0.371. The minimum atomic E-state index is -3.88. The predicted octanol–water partition coefficient (Wildman–Crippen LogP) is -0.551. The van der Waals surface area contributed by atoms with Gasteiger partial charge in [0.05, 0.1) is 0 Å². The van der Waals surface area contributed by atoms with Crippen LogP contribution in [0, 0.1) is 0 Å². The largest absolute Gasteiger partial charge is 0.319 e. The molecule has 0 fully saturated rings. The van der Waals surface area contributed by atoms with Crippen LogP contribution in [-0.2, 0) is 9.24 Å². The molecule has 4 nitrogen and oxygen atoms in total. The smallest absolute Gasteiger partial charge is 0.301 e. The second-order valence-corrected chi connectivity index (χ2v) is 2.81. The van der Waals surface area contributed by atoms with Crippen molar-refractivity contribution in [3.8, 4) is 0 Å². The molecule has 0 aromatic carbocycles. The normalized spacial score (nSPS) is 11.7. The predicted molar refractivity (Wildman–Crippen MR) is 19.7 cm³/mol. The molecular formula is H2ClNO3S. The summed E-state index contributed by atoms with van der Waals surface area (Å²) in [4.78, 5) is 0.842. The zero-order valence-electron chi connectivity index (χ0n) is 2.55. The highest BCUT2D eigenvalue weighted by Crippen LogP contribution is 1.83. The number of hydrogen-bond acceptors (Lipinski definition) is 3. The maximum absolute atomic E-state index is 9.40. The fraction of sp³-hybridized carbons (Fsp3) is 0. The van der Waals surface area contributed by atoms with Gasteiger partial charge in [0, 0.05) is 10.7 Å². The maximum atomic E-state index is 9.40. The summed E-state index contributed by atoms with van der Waals surface area (Å²) in [5.41, 5.74) is 0. The van der Waals surface area contributed by atoms with Crippen molar-refractivity contribution in [2.24, 2.45) is 0 Å². The van der Waals surface area contributed by atoms with Gasteiger partial charge in [-0.05, 0) is 0 Å². The van der Waals surface area contributed by atoms with Crippen molar-refractivity contribution in [3.63, 3.8) is 0 Å². The molecule has 6 heavy (non-hydrogen) atoms.